The van der Waals surface area contributed by atoms with Crippen LogP contribution < -0.4 is 9.47 Å². The summed E-state index contributed by atoms with van der Waals surface area (Å²) in [5.74, 6) is 1.11. The molecule has 0 aromatic heterocycles. The maximum Gasteiger partial charge on any atom is 0.260 e. The molecule has 1 heterocycles. The van der Waals surface area contributed by atoms with Gasteiger partial charge in [0.05, 0.1) is 0 Å². The zero-order chi connectivity index (χ0) is 18.2. The molecule has 0 unspecified atom stereocenters. The average Bonchev–Trinajstić information content (AvgIpc) is 2.69. The maximum absolute atomic E-state index is 12.8. The number of carbonyl (C=O) groups excluding carboxylic acids is 1. The summed E-state index contributed by atoms with van der Waals surface area (Å²) in [7, 11) is 0. The second kappa shape index (κ2) is 9.20. The van der Waals surface area contributed by atoms with Gasteiger partial charge in [0.15, 0.2) is 6.61 Å². The molecule has 0 bridgehead atoms. The minimum atomic E-state index is -0.269. The number of benzene rings is 2. The Hall–Kier alpha value is -2.60. The lowest BCUT2D eigenvalue weighted by molar-refractivity contribution is -0.135. The van der Waals surface area contributed by atoms with Gasteiger partial charge in [-0.1, -0.05) is 18.2 Å². The van der Waals surface area contributed by atoms with Gasteiger partial charge in [0, 0.05) is 32.7 Å². The highest BCUT2D eigenvalue weighted by atomic mass is 19.1. The topological polar surface area (TPSA) is 42.0 Å². The Morgan fingerprint density at radius 3 is 2.23 bits per heavy atom. The highest BCUT2D eigenvalue weighted by molar-refractivity contribution is 5.77. The molecule has 1 saturated heterocycles. The van der Waals surface area contributed by atoms with E-state index in [2.05, 4.69) is 4.90 Å². The molecule has 2 aromatic rings. The number of nitrogens with zero attached hydrogens (tertiary/aromatic N) is 2. The van der Waals surface area contributed by atoms with Crippen LogP contribution in [0.5, 0.6) is 11.5 Å². The molecular weight excluding hydrogens is 335 g/mol. The van der Waals surface area contributed by atoms with Crippen molar-refractivity contribution in [3.63, 3.8) is 0 Å². The van der Waals surface area contributed by atoms with E-state index in [1.807, 2.05) is 35.2 Å². The summed E-state index contributed by atoms with van der Waals surface area (Å²) < 4.78 is 24.0. The summed E-state index contributed by atoms with van der Waals surface area (Å²) in [6.07, 6.45) is 0. The highest BCUT2D eigenvalue weighted by Gasteiger charge is 2.21. The van der Waals surface area contributed by atoms with Crippen molar-refractivity contribution in [2.75, 3.05) is 45.9 Å². The van der Waals surface area contributed by atoms with Crippen molar-refractivity contribution < 1.29 is 18.7 Å². The summed E-state index contributed by atoms with van der Waals surface area (Å²) >= 11 is 0. The van der Waals surface area contributed by atoms with Gasteiger partial charge in [-0.2, -0.15) is 0 Å². The number of piperazine rings is 1. The van der Waals surface area contributed by atoms with Gasteiger partial charge in [0.25, 0.3) is 5.91 Å². The van der Waals surface area contributed by atoms with E-state index in [4.69, 9.17) is 9.47 Å². The van der Waals surface area contributed by atoms with Gasteiger partial charge in [-0.25, -0.2) is 4.39 Å². The molecule has 1 amide bonds. The van der Waals surface area contributed by atoms with Crippen molar-refractivity contribution in [2.24, 2.45) is 0 Å². The molecule has 26 heavy (non-hydrogen) atoms. The first-order valence-electron chi connectivity index (χ1n) is 8.77. The van der Waals surface area contributed by atoms with E-state index in [9.17, 15) is 9.18 Å². The van der Waals surface area contributed by atoms with E-state index in [1.54, 1.807) is 12.1 Å². The normalized spacial score (nSPS) is 14.9. The third-order valence-electron chi connectivity index (χ3n) is 4.32. The van der Waals surface area contributed by atoms with Crippen molar-refractivity contribution in [3.8, 4) is 11.5 Å². The minimum Gasteiger partial charge on any atom is -0.492 e. The van der Waals surface area contributed by atoms with Crippen molar-refractivity contribution in [2.45, 2.75) is 0 Å². The van der Waals surface area contributed by atoms with Crippen molar-refractivity contribution in [1.29, 1.82) is 0 Å². The Kier molecular flexibility index (Phi) is 6.44. The van der Waals surface area contributed by atoms with Gasteiger partial charge >= 0.3 is 0 Å². The number of amides is 1. The molecule has 0 saturated carbocycles. The van der Waals surface area contributed by atoms with Gasteiger partial charge in [-0.3, -0.25) is 9.69 Å². The number of hydrogen-bond donors (Lipinski definition) is 0. The Morgan fingerprint density at radius 2 is 1.54 bits per heavy atom. The van der Waals surface area contributed by atoms with Crippen LogP contribution in [0.15, 0.2) is 54.6 Å². The maximum atomic E-state index is 12.8. The van der Waals surface area contributed by atoms with Gasteiger partial charge in [0.2, 0.25) is 0 Å². The number of para-hydroxylation sites is 1. The fourth-order valence-corrected chi connectivity index (χ4v) is 2.80. The largest absolute Gasteiger partial charge is 0.492 e. The first-order valence-corrected chi connectivity index (χ1v) is 8.77. The third kappa shape index (κ3) is 5.46. The molecule has 0 radical (unpaired) electrons. The molecule has 0 aliphatic carbocycles. The Morgan fingerprint density at radius 1 is 0.885 bits per heavy atom. The molecule has 6 heteroatoms. The molecule has 3 rings (SSSR count). The fourth-order valence-electron chi connectivity index (χ4n) is 2.80. The molecule has 138 valence electrons. The summed E-state index contributed by atoms with van der Waals surface area (Å²) in [5.41, 5.74) is 0. The zero-order valence-electron chi connectivity index (χ0n) is 14.6. The molecule has 2 aromatic carbocycles. The summed E-state index contributed by atoms with van der Waals surface area (Å²) in [4.78, 5) is 16.3. The quantitative estimate of drug-likeness (QED) is 0.762. The van der Waals surface area contributed by atoms with Crippen LogP contribution in [0, 0.1) is 5.82 Å². The van der Waals surface area contributed by atoms with Crippen LogP contribution in [0.1, 0.15) is 0 Å². The van der Waals surface area contributed by atoms with Crippen molar-refractivity contribution in [1.82, 2.24) is 9.80 Å². The van der Waals surface area contributed by atoms with Crippen LogP contribution in [-0.4, -0.2) is 61.6 Å². The standard InChI is InChI=1S/C20H23FN2O3/c21-17-6-8-19(9-7-17)25-15-14-22-10-12-23(13-11-22)20(24)16-26-18-4-2-1-3-5-18/h1-9H,10-16H2. The van der Waals surface area contributed by atoms with E-state index < -0.39 is 0 Å². The number of rotatable bonds is 7. The number of carbonyl (C=O) groups is 1. The predicted molar refractivity (Wildman–Crippen MR) is 96.9 cm³/mol. The van der Waals surface area contributed by atoms with Crippen molar-refractivity contribution in [3.05, 3.63) is 60.4 Å². The first kappa shape index (κ1) is 18.2. The smallest absolute Gasteiger partial charge is 0.260 e. The fraction of sp³-hybridized carbons (Fsp3) is 0.350. The lowest BCUT2D eigenvalue weighted by Crippen LogP contribution is -2.50. The Bertz CT molecular complexity index is 686. The summed E-state index contributed by atoms with van der Waals surface area (Å²) in [5, 5.41) is 0. The Balaban J connectivity index is 1.33. The highest BCUT2D eigenvalue weighted by Crippen LogP contribution is 2.12. The van der Waals surface area contributed by atoms with E-state index in [1.165, 1.54) is 12.1 Å². The van der Waals surface area contributed by atoms with Crippen LogP contribution in [-0.2, 0) is 4.79 Å². The van der Waals surface area contributed by atoms with Gasteiger partial charge in [0.1, 0.15) is 23.9 Å². The second-order valence-electron chi connectivity index (χ2n) is 6.13. The predicted octanol–water partition coefficient (Wildman–Crippen LogP) is 2.43. The summed E-state index contributed by atoms with van der Waals surface area (Å²) in [6, 6.07) is 15.4. The van der Waals surface area contributed by atoms with E-state index in [0.717, 1.165) is 19.6 Å². The summed E-state index contributed by atoms with van der Waals surface area (Å²) in [6.45, 7) is 4.38. The molecule has 1 fully saturated rings. The van der Waals surface area contributed by atoms with Gasteiger partial charge < -0.3 is 14.4 Å². The van der Waals surface area contributed by atoms with Gasteiger partial charge in [-0.05, 0) is 36.4 Å². The molecule has 0 atom stereocenters. The van der Waals surface area contributed by atoms with Crippen molar-refractivity contribution >= 4 is 5.91 Å². The van der Waals surface area contributed by atoms with Crippen LogP contribution in [0.3, 0.4) is 0 Å². The molecule has 1 aliphatic heterocycles. The third-order valence-corrected chi connectivity index (χ3v) is 4.32. The van der Waals surface area contributed by atoms with Crippen LogP contribution >= 0.6 is 0 Å². The zero-order valence-corrected chi connectivity index (χ0v) is 14.6. The number of ether oxygens (including phenoxy) is 2. The van der Waals surface area contributed by atoms with E-state index in [0.29, 0.717) is 31.2 Å². The van der Waals surface area contributed by atoms with Crippen LogP contribution in [0.25, 0.3) is 0 Å². The molecule has 0 N–H and O–H groups in total. The first-order chi connectivity index (χ1) is 12.7. The van der Waals surface area contributed by atoms with E-state index in [-0.39, 0.29) is 18.3 Å². The van der Waals surface area contributed by atoms with Crippen LogP contribution in [0.2, 0.25) is 0 Å². The molecule has 0 spiro atoms. The molecular formula is C20H23FN2O3. The van der Waals surface area contributed by atoms with Crippen LogP contribution in [0.4, 0.5) is 4.39 Å². The SMILES string of the molecule is O=C(COc1ccccc1)N1CCN(CCOc2ccc(F)cc2)CC1. The molecule has 1 aliphatic rings. The lowest BCUT2D eigenvalue weighted by atomic mass is 10.3. The number of hydrogen-bond acceptors (Lipinski definition) is 4. The molecule has 5 nitrogen and oxygen atoms in total. The monoisotopic (exact) mass is 358 g/mol. The van der Waals surface area contributed by atoms with E-state index >= 15 is 0 Å². The second-order valence-corrected chi connectivity index (χ2v) is 6.13. The average molecular weight is 358 g/mol. The van der Waals surface area contributed by atoms with Gasteiger partial charge in [-0.15, -0.1) is 0 Å². The lowest BCUT2D eigenvalue weighted by Gasteiger charge is -2.34. The number of halogens is 1. The minimum absolute atomic E-state index is 0.0102. The Labute approximate surface area is 152 Å².